The molecule has 0 radical (unpaired) electrons. The molecule has 8 nitrogen and oxygen atoms in total. The lowest BCUT2D eigenvalue weighted by Crippen LogP contribution is -2.44. The highest BCUT2D eigenvalue weighted by Crippen LogP contribution is 2.38. The molecule has 1 aromatic carbocycles. The first-order valence-corrected chi connectivity index (χ1v) is 14.0. The number of aliphatic hydroxyl groups excluding tert-OH is 1. The highest BCUT2D eigenvalue weighted by atomic mass is 31.0. The average Bonchev–Trinajstić information content (AvgIpc) is 2.93. The van der Waals surface area contributed by atoms with Crippen LogP contribution in [0.25, 0.3) is 11.3 Å². The van der Waals surface area contributed by atoms with E-state index in [1.54, 1.807) is 12.3 Å². The molecule has 5 rings (SSSR count). The van der Waals surface area contributed by atoms with E-state index in [-0.39, 0.29) is 40.9 Å². The molecule has 2 aliphatic rings. The lowest BCUT2D eigenvalue weighted by molar-refractivity contribution is 0.0255. The summed E-state index contributed by atoms with van der Waals surface area (Å²) in [5.74, 6) is -1.72. The number of hydrogen-bond donors (Lipinski definition) is 3. The number of hydrogen-bond acceptors (Lipinski definition) is 7. The summed E-state index contributed by atoms with van der Waals surface area (Å²) >= 11 is 0. The standard InChI is InChI=1S/C29H33F2N4O4P/c1-15-10-16(11-22(32)28(15)36)19-4-7-33-14-24(19)35-29(37)23-3-2-20(30)27(34-23)26-21(31)12-18(13-25(26)40)39-17-5-8-38-9-6-17/h2-4,7,12-17,22,28,36H,5-6,8-11,32,40H2,1H3,(H,35,37)/t15-,16+,22+,28+/m0/s1. The van der Waals surface area contributed by atoms with E-state index >= 15 is 4.39 Å². The third-order valence-corrected chi connectivity index (χ3v) is 8.11. The van der Waals surface area contributed by atoms with Gasteiger partial charge in [0.25, 0.3) is 5.91 Å². The lowest BCUT2D eigenvalue weighted by Gasteiger charge is -2.36. The molecule has 0 bridgehead atoms. The van der Waals surface area contributed by atoms with Crippen LogP contribution in [-0.2, 0) is 4.74 Å². The molecule has 11 heteroatoms. The number of ether oxygens (including phenoxy) is 2. The minimum atomic E-state index is -0.761. The zero-order valence-electron chi connectivity index (χ0n) is 22.1. The Kier molecular flexibility index (Phi) is 8.71. The second kappa shape index (κ2) is 12.2. The van der Waals surface area contributed by atoms with Gasteiger partial charge in [-0.2, -0.15) is 0 Å². The normalized spacial score (nSPS) is 23.6. The molecule has 4 N–H and O–H groups in total. The molecule has 212 valence electrons. The van der Waals surface area contributed by atoms with E-state index in [1.807, 2.05) is 13.0 Å². The van der Waals surface area contributed by atoms with Crippen molar-refractivity contribution in [2.45, 2.75) is 56.8 Å². The number of carbonyl (C=O) groups is 1. The van der Waals surface area contributed by atoms with Gasteiger partial charge in [0.2, 0.25) is 0 Å². The predicted octanol–water partition coefficient (Wildman–Crippen LogP) is 3.93. The third-order valence-electron chi connectivity index (χ3n) is 7.66. The number of aromatic nitrogens is 2. The minimum absolute atomic E-state index is 0.00346. The fourth-order valence-corrected chi connectivity index (χ4v) is 5.97. The first kappa shape index (κ1) is 28.5. The second-order valence-corrected chi connectivity index (χ2v) is 11.2. The highest BCUT2D eigenvalue weighted by molar-refractivity contribution is 7.28. The van der Waals surface area contributed by atoms with Gasteiger partial charge in [0.15, 0.2) is 0 Å². The summed E-state index contributed by atoms with van der Waals surface area (Å²) in [5.41, 5.74) is 7.06. The lowest BCUT2D eigenvalue weighted by atomic mass is 9.74. The molecule has 3 heterocycles. The zero-order chi connectivity index (χ0) is 28.4. The Hall–Kier alpha value is -3.04. The van der Waals surface area contributed by atoms with Crippen LogP contribution in [0.2, 0.25) is 0 Å². The Balaban J connectivity index is 1.38. The number of nitrogens with one attached hydrogen (secondary N) is 1. The maximum atomic E-state index is 15.3. The van der Waals surface area contributed by atoms with Crippen molar-refractivity contribution in [2.75, 3.05) is 18.5 Å². The Bertz CT molecular complexity index is 1350. The number of carbonyl (C=O) groups excluding carboxylic acids is 1. The number of anilines is 1. The Morgan fingerprint density at radius 3 is 2.67 bits per heavy atom. The van der Waals surface area contributed by atoms with Crippen LogP contribution in [0.3, 0.4) is 0 Å². The van der Waals surface area contributed by atoms with Gasteiger partial charge in [-0.1, -0.05) is 6.92 Å². The van der Waals surface area contributed by atoms with Crippen LogP contribution in [0.1, 0.15) is 54.6 Å². The number of rotatable bonds is 6. The zero-order valence-corrected chi connectivity index (χ0v) is 23.3. The minimum Gasteiger partial charge on any atom is -0.490 e. The molecule has 1 saturated carbocycles. The number of nitrogens with zero attached hydrogens (tertiary/aromatic N) is 2. The smallest absolute Gasteiger partial charge is 0.274 e. The maximum absolute atomic E-state index is 15.3. The first-order valence-electron chi connectivity index (χ1n) is 13.4. The highest BCUT2D eigenvalue weighted by Gasteiger charge is 2.34. The largest absolute Gasteiger partial charge is 0.490 e. The summed E-state index contributed by atoms with van der Waals surface area (Å²) < 4.78 is 41.5. The number of pyridine rings is 2. The van der Waals surface area contributed by atoms with Gasteiger partial charge < -0.3 is 25.6 Å². The van der Waals surface area contributed by atoms with Crippen molar-refractivity contribution in [3.63, 3.8) is 0 Å². The molecule has 1 unspecified atom stereocenters. The van der Waals surface area contributed by atoms with Gasteiger partial charge in [-0.25, -0.2) is 13.8 Å². The van der Waals surface area contributed by atoms with Crippen molar-refractivity contribution in [1.82, 2.24) is 9.97 Å². The van der Waals surface area contributed by atoms with Crippen LogP contribution < -0.4 is 21.1 Å². The second-order valence-electron chi connectivity index (χ2n) is 10.5. The number of aliphatic hydroxyl groups is 1. The molecule has 1 saturated heterocycles. The monoisotopic (exact) mass is 570 g/mol. The van der Waals surface area contributed by atoms with E-state index < -0.39 is 23.6 Å². The van der Waals surface area contributed by atoms with Crippen LogP contribution in [0.15, 0.2) is 42.7 Å². The summed E-state index contributed by atoms with van der Waals surface area (Å²) in [6.45, 7) is 3.11. The maximum Gasteiger partial charge on any atom is 0.274 e. The topological polar surface area (TPSA) is 120 Å². The van der Waals surface area contributed by atoms with Crippen molar-refractivity contribution < 1.29 is 28.2 Å². The summed E-state index contributed by atoms with van der Waals surface area (Å²) in [5, 5.41) is 13.4. The molecule has 2 fully saturated rings. The summed E-state index contributed by atoms with van der Waals surface area (Å²) in [4.78, 5) is 21.6. The van der Waals surface area contributed by atoms with Crippen LogP contribution in [-0.4, -0.2) is 52.4 Å². The average molecular weight is 571 g/mol. The molecule has 40 heavy (non-hydrogen) atoms. The molecule has 1 aliphatic carbocycles. The fourth-order valence-electron chi connectivity index (χ4n) is 5.53. The molecular formula is C29H33F2N4O4P. The van der Waals surface area contributed by atoms with Crippen LogP contribution in [0.5, 0.6) is 5.75 Å². The Morgan fingerprint density at radius 2 is 1.95 bits per heavy atom. The van der Waals surface area contributed by atoms with E-state index in [0.29, 0.717) is 55.6 Å². The summed E-state index contributed by atoms with van der Waals surface area (Å²) in [6, 6.07) is 6.61. The van der Waals surface area contributed by atoms with Crippen molar-refractivity contribution in [2.24, 2.45) is 11.7 Å². The number of nitrogens with two attached hydrogens (primary N) is 1. The predicted molar refractivity (Wildman–Crippen MR) is 151 cm³/mol. The molecule has 1 amide bonds. The van der Waals surface area contributed by atoms with Crippen molar-refractivity contribution >= 4 is 26.1 Å². The number of halogens is 2. The van der Waals surface area contributed by atoms with Crippen molar-refractivity contribution in [3.05, 3.63) is 65.6 Å². The Labute approximate surface area is 233 Å². The molecule has 0 spiro atoms. The van der Waals surface area contributed by atoms with Gasteiger partial charge >= 0.3 is 0 Å². The van der Waals surface area contributed by atoms with Gasteiger partial charge in [0.1, 0.15) is 34.9 Å². The molecule has 2 aromatic heterocycles. The summed E-state index contributed by atoms with van der Waals surface area (Å²) in [7, 11) is 2.40. The quantitative estimate of drug-likeness (QED) is 0.384. The van der Waals surface area contributed by atoms with E-state index in [0.717, 1.165) is 11.6 Å². The van der Waals surface area contributed by atoms with E-state index in [9.17, 15) is 14.3 Å². The van der Waals surface area contributed by atoms with Gasteiger partial charge in [-0.05, 0) is 59.8 Å². The van der Waals surface area contributed by atoms with Crippen molar-refractivity contribution in [1.29, 1.82) is 0 Å². The van der Waals surface area contributed by atoms with E-state index in [2.05, 4.69) is 24.5 Å². The van der Waals surface area contributed by atoms with Crippen LogP contribution in [0.4, 0.5) is 14.5 Å². The Morgan fingerprint density at radius 1 is 1.18 bits per heavy atom. The van der Waals surface area contributed by atoms with Gasteiger partial charge in [0.05, 0.1) is 31.2 Å². The number of benzene rings is 1. The SMILES string of the molecule is C[C@H]1C[C@@H](c2ccncc2NC(=O)c2ccc(F)c(-c3c(F)cc(OC4CCOCC4)cc3P)n2)C[C@@H](N)[C@@H]1O. The van der Waals surface area contributed by atoms with Gasteiger partial charge in [0, 0.05) is 36.7 Å². The van der Waals surface area contributed by atoms with Crippen LogP contribution in [0, 0.1) is 17.6 Å². The van der Waals surface area contributed by atoms with Gasteiger partial charge in [-0.15, -0.1) is 9.24 Å². The van der Waals surface area contributed by atoms with Crippen LogP contribution >= 0.6 is 9.24 Å². The van der Waals surface area contributed by atoms with Crippen molar-refractivity contribution in [3.8, 4) is 17.0 Å². The van der Waals surface area contributed by atoms with E-state index in [1.165, 1.54) is 18.3 Å². The van der Waals surface area contributed by atoms with Gasteiger partial charge in [-0.3, -0.25) is 9.78 Å². The molecule has 5 atom stereocenters. The molecule has 3 aromatic rings. The third kappa shape index (κ3) is 6.15. The first-order chi connectivity index (χ1) is 19.2. The number of amides is 1. The molecular weight excluding hydrogens is 537 g/mol. The van der Waals surface area contributed by atoms with E-state index in [4.69, 9.17) is 15.2 Å². The summed E-state index contributed by atoms with van der Waals surface area (Å²) in [6.07, 6.45) is 5.18. The fraction of sp³-hybridized carbons (Fsp3) is 0.414. The molecule has 1 aliphatic heterocycles.